The Hall–Kier alpha value is -2.42. The predicted molar refractivity (Wildman–Crippen MR) is 72.3 cm³/mol. The maximum atomic E-state index is 13.5. The van der Waals surface area contributed by atoms with Gasteiger partial charge in [0.15, 0.2) is 0 Å². The van der Waals surface area contributed by atoms with E-state index < -0.39 is 17.5 Å². The fourth-order valence-corrected chi connectivity index (χ4v) is 2.18. The summed E-state index contributed by atoms with van der Waals surface area (Å²) < 4.78 is 26.5. The first kappa shape index (κ1) is 15.0. The zero-order chi connectivity index (χ0) is 15.4. The van der Waals surface area contributed by atoms with Gasteiger partial charge in [0.2, 0.25) is 0 Å². The molecule has 1 fully saturated rings. The van der Waals surface area contributed by atoms with Gasteiger partial charge in [-0.2, -0.15) is 0 Å². The number of nitrogens with one attached hydrogen (secondary N) is 1. The lowest BCUT2D eigenvalue weighted by Crippen LogP contribution is -2.38. The maximum absolute atomic E-state index is 13.5. The van der Waals surface area contributed by atoms with E-state index >= 15 is 0 Å². The minimum atomic E-state index is -0.781. The lowest BCUT2D eigenvalue weighted by molar-refractivity contribution is -0.124. The number of nitrogens with zero attached hydrogens (tertiary/aromatic N) is 1. The summed E-state index contributed by atoms with van der Waals surface area (Å²) in [5, 5.41) is 2.60. The van der Waals surface area contributed by atoms with Crippen LogP contribution in [0.3, 0.4) is 0 Å². The molecule has 1 N–H and O–H groups in total. The van der Waals surface area contributed by atoms with Gasteiger partial charge in [0.1, 0.15) is 11.6 Å². The van der Waals surface area contributed by atoms with E-state index in [-0.39, 0.29) is 17.5 Å². The second-order valence-electron chi connectivity index (χ2n) is 4.71. The highest BCUT2D eigenvalue weighted by molar-refractivity contribution is 5.95. The normalized spacial score (nSPS) is 17.1. The van der Waals surface area contributed by atoms with E-state index in [2.05, 4.69) is 17.2 Å². The molecule has 110 valence electrons. The zero-order valence-electron chi connectivity index (χ0n) is 11.5. The highest BCUT2D eigenvalue weighted by atomic mass is 19.1. The Morgan fingerprint density at radius 3 is 2.86 bits per heavy atom. The van der Waals surface area contributed by atoms with Crippen LogP contribution < -0.4 is 5.32 Å². The van der Waals surface area contributed by atoms with Crippen molar-refractivity contribution < 1.29 is 18.4 Å². The molecule has 1 heterocycles. The van der Waals surface area contributed by atoms with Gasteiger partial charge in [0.05, 0.1) is 5.56 Å². The Kier molecular flexibility index (Phi) is 4.53. The number of likely N-dealkylation sites (tertiary alicyclic amines) is 1. The molecular weight excluding hydrogens is 278 g/mol. The maximum Gasteiger partial charge on any atom is 0.298 e. The van der Waals surface area contributed by atoms with Crippen LogP contribution in [0.4, 0.5) is 8.78 Å². The van der Waals surface area contributed by atoms with Crippen LogP contribution >= 0.6 is 0 Å². The van der Waals surface area contributed by atoms with Crippen molar-refractivity contribution in [3.8, 4) is 11.8 Å². The summed E-state index contributed by atoms with van der Waals surface area (Å²) in [6.07, 6.45) is 0.555. The van der Waals surface area contributed by atoms with Gasteiger partial charge in [0, 0.05) is 19.1 Å². The summed E-state index contributed by atoms with van der Waals surface area (Å²) >= 11 is 0. The van der Waals surface area contributed by atoms with E-state index in [0.717, 1.165) is 18.2 Å². The van der Waals surface area contributed by atoms with E-state index in [9.17, 15) is 18.4 Å². The molecule has 0 aliphatic carbocycles. The van der Waals surface area contributed by atoms with E-state index in [1.165, 1.54) is 4.90 Å². The average molecular weight is 292 g/mol. The third-order valence-electron chi connectivity index (χ3n) is 3.22. The van der Waals surface area contributed by atoms with Crippen LogP contribution in [0.1, 0.15) is 23.7 Å². The third kappa shape index (κ3) is 3.57. The topological polar surface area (TPSA) is 49.4 Å². The second kappa shape index (κ2) is 6.35. The van der Waals surface area contributed by atoms with Crippen LogP contribution in [-0.2, 0) is 4.79 Å². The molecule has 2 amide bonds. The molecule has 1 saturated heterocycles. The van der Waals surface area contributed by atoms with Gasteiger partial charge in [-0.3, -0.25) is 9.59 Å². The van der Waals surface area contributed by atoms with Gasteiger partial charge in [-0.15, -0.1) is 0 Å². The van der Waals surface area contributed by atoms with Gasteiger partial charge in [-0.05, 0) is 37.5 Å². The summed E-state index contributed by atoms with van der Waals surface area (Å²) in [5.74, 6) is 2.50. The number of benzene rings is 1. The number of halogens is 2. The molecule has 21 heavy (non-hydrogen) atoms. The first-order valence-electron chi connectivity index (χ1n) is 6.49. The summed E-state index contributed by atoms with van der Waals surface area (Å²) in [6, 6.07) is 2.42. The minimum absolute atomic E-state index is 0.289. The lowest BCUT2D eigenvalue weighted by atomic mass is 10.1. The average Bonchev–Trinajstić information content (AvgIpc) is 2.90. The number of rotatable bonds is 2. The van der Waals surface area contributed by atoms with Crippen LogP contribution in [0.5, 0.6) is 0 Å². The molecule has 1 unspecified atom stereocenters. The molecule has 1 aromatic rings. The summed E-state index contributed by atoms with van der Waals surface area (Å²) in [4.78, 5) is 25.0. The van der Waals surface area contributed by atoms with Crippen molar-refractivity contribution in [1.29, 1.82) is 0 Å². The van der Waals surface area contributed by atoms with E-state index in [4.69, 9.17) is 0 Å². The first-order valence-corrected chi connectivity index (χ1v) is 6.49. The van der Waals surface area contributed by atoms with E-state index in [1.807, 2.05) is 0 Å². The quantitative estimate of drug-likeness (QED) is 0.836. The molecule has 4 nitrogen and oxygen atoms in total. The summed E-state index contributed by atoms with van der Waals surface area (Å²) in [5.41, 5.74) is -0.340. The molecule has 2 rings (SSSR count). The molecule has 1 aromatic carbocycles. The monoisotopic (exact) mass is 292 g/mol. The standard InChI is InChI=1S/C15H14F2N2O2/c1-2-3-14(20)19-7-6-11(9-19)18-15(21)12-8-10(16)4-5-13(12)17/h4-5,8,11H,6-7,9H2,1H3,(H,18,21). The van der Waals surface area contributed by atoms with Crippen LogP contribution in [0.2, 0.25) is 0 Å². The molecule has 1 aliphatic heterocycles. The molecular formula is C15H14F2N2O2. The Morgan fingerprint density at radius 2 is 2.14 bits per heavy atom. The van der Waals surface area contributed by atoms with Gasteiger partial charge in [-0.25, -0.2) is 8.78 Å². The van der Waals surface area contributed by atoms with Gasteiger partial charge >= 0.3 is 0 Å². The molecule has 0 spiro atoms. The molecule has 0 saturated carbocycles. The van der Waals surface area contributed by atoms with Gasteiger partial charge in [0.25, 0.3) is 11.8 Å². The van der Waals surface area contributed by atoms with E-state index in [1.54, 1.807) is 6.92 Å². The smallest absolute Gasteiger partial charge is 0.298 e. The highest BCUT2D eigenvalue weighted by Crippen LogP contribution is 2.13. The number of hydrogen-bond acceptors (Lipinski definition) is 2. The van der Waals surface area contributed by atoms with Gasteiger partial charge in [-0.1, -0.05) is 5.92 Å². The predicted octanol–water partition coefficient (Wildman–Crippen LogP) is 1.32. The van der Waals surface area contributed by atoms with Crippen LogP contribution in [0.25, 0.3) is 0 Å². The molecule has 0 bridgehead atoms. The number of carbonyl (C=O) groups excluding carboxylic acids is 2. The molecule has 1 atom stereocenters. The van der Waals surface area contributed by atoms with Crippen LogP contribution in [0, 0.1) is 23.5 Å². The Labute approximate surface area is 121 Å². The second-order valence-corrected chi connectivity index (χ2v) is 4.71. The first-order chi connectivity index (χ1) is 10.0. The fourth-order valence-electron chi connectivity index (χ4n) is 2.18. The SMILES string of the molecule is CC#CC(=O)N1CCC(NC(=O)c2cc(F)ccc2F)C1. The molecule has 6 heteroatoms. The lowest BCUT2D eigenvalue weighted by Gasteiger charge is -2.14. The molecule has 0 aromatic heterocycles. The Bertz CT molecular complexity index is 634. The summed E-state index contributed by atoms with van der Waals surface area (Å²) in [7, 11) is 0. The fraction of sp³-hybridized carbons (Fsp3) is 0.333. The largest absolute Gasteiger partial charge is 0.347 e. The summed E-state index contributed by atoms with van der Waals surface area (Å²) in [6.45, 7) is 2.36. The molecule has 1 aliphatic rings. The van der Waals surface area contributed by atoms with Crippen LogP contribution in [0.15, 0.2) is 18.2 Å². The number of hydrogen-bond donors (Lipinski definition) is 1. The van der Waals surface area contributed by atoms with Crippen molar-refractivity contribution >= 4 is 11.8 Å². The zero-order valence-corrected chi connectivity index (χ0v) is 11.5. The van der Waals surface area contributed by atoms with Crippen molar-refractivity contribution in [3.05, 3.63) is 35.4 Å². The van der Waals surface area contributed by atoms with Crippen molar-refractivity contribution in [3.63, 3.8) is 0 Å². The number of carbonyl (C=O) groups is 2. The minimum Gasteiger partial charge on any atom is -0.347 e. The van der Waals surface area contributed by atoms with Crippen molar-refractivity contribution in [1.82, 2.24) is 10.2 Å². The van der Waals surface area contributed by atoms with Crippen LogP contribution in [-0.4, -0.2) is 35.8 Å². The Balaban J connectivity index is 1.99. The van der Waals surface area contributed by atoms with Gasteiger partial charge < -0.3 is 10.2 Å². The van der Waals surface area contributed by atoms with Crippen molar-refractivity contribution in [2.75, 3.05) is 13.1 Å². The van der Waals surface area contributed by atoms with Crippen molar-refractivity contribution in [2.24, 2.45) is 0 Å². The Morgan fingerprint density at radius 1 is 1.38 bits per heavy atom. The van der Waals surface area contributed by atoms with Crippen molar-refractivity contribution in [2.45, 2.75) is 19.4 Å². The highest BCUT2D eigenvalue weighted by Gasteiger charge is 2.27. The molecule has 0 radical (unpaired) electrons. The van der Waals surface area contributed by atoms with E-state index in [0.29, 0.717) is 19.5 Å². The number of amides is 2. The third-order valence-corrected chi connectivity index (χ3v) is 3.22.